The quantitative estimate of drug-likeness (QED) is 0.417. The molecule has 3 aromatic rings. The zero-order valence-electron chi connectivity index (χ0n) is 22.8. The number of halogens is 2. The number of likely N-dealkylation sites (N-methyl/N-ethyl adjacent to an activating group) is 1. The van der Waals surface area contributed by atoms with E-state index in [1.54, 1.807) is 0 Å². The van der Waals surface area contributed by atoms with Gasteiger partial charge in [-0.1, -0.05) is 26.8 Å². The number of benzene rings is 1. The van der Waals surface area contributed by atoms with Crippen molar-refractivity contribution in [2.24, 2.45) is 5.92 Å². The molecule has 2 N–H and O–H groups in total. The Morgan fingerprint density at radius 2 is 1.89 bits per heavy atom. The molecule has 2 aliphatic heterocycles. The second kappa shape index (κ2) is 10.9. The molecule has 4 heterocycles. The first-order valence-electron chi connectivity index (χ1n) is 13.5. The van der Waals surface area contributed by atoms with Crippen molar-refractivity contribution in [3.8, 4) is 11.3 Å². The molecule has 9 heteroatoms. The zero-order chi connectivity index (χ0) is 27.0. The normalized spacial score (nSPS) is 21.9. The lowest BCUT2D eigenvalue weighted by molar-refractivity contribution is 0.0834. The Bertz CT molecular complexity index is 1280. The minimum atomic E-state index is -0.601. The predicted molar refractivity (Wildman–Crippen MR) is 148 cm³/mol. The minimum Gasteiger partial charge on any atom is -0.379 e. The number of fused-ring (bicyclic) bond motifs is 1. The Morgan fingerprint density at radius 3 is 2.58 bits per heavy atom. The van der Waals surface area contributed by atoms with Crippen molar-refractivity contribution in [2.75, 3.05) is 36.8 Å². The summed E-state index contributed by atoms with van der Waals surface area (Å²) in [5.41, 5.74) is 2.94. The van der Waals surface area contributed by atoms with E-state index in [1.165, 1.54) is 6.07 Å². The fourth-order valence-corrected chi connectivity index (χ4v) is 5.98. The summed E-state index contributed by atoms with van der Waals surface area (Å²) in [6, 6.07) is 7.74. The maximum absolute atomic E-state index is 15.0. The molecule has 1 fully saturated rings. The molecule has 2 aliphatic rings. The highest BCUT2D eigenvalue weighted by Gasteiger charge is 2.34. The van der Waals surface area contributed by atoms with E-state index < -0.39 is 11.6 Å². The van der Waals surface area contributed by atoms with Crippen LogP contribution in [-0.2, 0) is 6.54 Å². The van der Waals surface area contributed by atoms with Crippen molar-refractivity contribution in [3.63, 3.8) is 0 Å². The summed E-state index contributed by atoms with van der Waals surface area (Å²) in [6.07, 6.45) is 2.96. The lowest BCUT2D eigenvalue weighted by Crippen LogP contribution is -2.51. The number of hydrogen-bond donors (Lipinski definition) is 2. The summed E-state index contributed by atoms with van der Waals surface area (Å²) in [7, 11) is 0. The molecule has 3 unspecified atom stereocenters. The summed E-state index contributed by atoms with van der Waals surface area (Å²) in [6.45, 7) is 15.8. The van der Waals surface area contributed by atoms with E-state index in [1.807, 2.05) is 31.3 Å². The molecule has 38 heavy (non-hydrogen) atoms. The van der Waals surface area contributed by atoms with Crippen LogP contribution in [0.4, 0.5) is 26.2 Å². The van der Waals surface area contributed by atoms with Crippen LogP contribution in [0.5, 0.6) is 0 Å². The highest BCUT2D eigenvalue weighted by molar-refractivity contribution is 5.71. The van der Waals surface area contributed by atoms with Gasteiger partial charge in [-0.3, -0.25) is 9.80 Å². The van der Waals surface area contributed by atoms with Gasteiger partial charge in [-0.2, -0.15) is 0 Å². The highest BCUT2D eigenvalue weighted by Crippen LogP contribution is 2.43. The molecule has 0 bridgehead atoms. The Morgan fingerprint density at radius 1 is 1.08 bits per heavy atom. The van der Waals surface area contributed by atoms with Gasteiger partial charge in [0.25, 0.3) is 0 Å². The third-order valence-electron chi connectivity index (χ3n) is 7.85. The second-order valence-corrected chi connectivity index (χ2v) is 10.9. The minimum absolute atomic E-state index is 0.0585. The van der Waals surface area contributed by atoms with Crippen LogP contribution in [0.15, 0.2) is 36.7 Å². The molecule has 1 saturated heterocycles. The lowest BCUT2D eigenvalue weighted by Gasteiger charge is -2.39. The fourth-order valence-electron chi connectivity index (χ4n) is 5.98. The first-order chi connectivity index (χ1) is 18.2. The van der Waals surface area contributed by atoms with Crippen LogP contribution in [-0.4, -0.2) is 63.0 Å². The molecular weight excluding hydrogens is 484 g/mol. The van der Waals surface area contributed by atoms with E-state index in [0.717, 1.165) is 50.0 Å². The number of nitrogens with one attached hydrogen (secondary N) is 2. The number of anilines is 3. The van der Waals surface area contributed by atoms with E-state index in [0.29, 0.717) is 29.0 Å². The molecule has 0 radical (unpaired) electrons. The Kier molecular flexibility index (Phi) is 7.59. The van der Waals surface area contributed by atoms with Crippen LogP contribution >= 0.6 is 0 Å². The standard InChI is InChI=1S/C29H37F2N7/c1-6-38-10-9-37(15-18(38)4)16-20-7-8-25(32-13-20)35-29-33-14-24(31)27(36-29)21-11-22-26(17(2)3)19(5)34-28(22)23(30)12-21/h7-8,11-14,17-19,26,34H,6,9-10,15-16H2,1-5H3,(H,32,33,35,36). The summed E-state index contributed by atoms with van der Waals surface area (Å²) in [4.78, 5) is 18.0. The first-order valence-corrected chi connectivity index (χ1v) is 13.5. The zero-order valence-corrected chi connectivity index (χ0v) is 22.8. The molecule has 5 rings (SSSR count). The monoisotopic (exact) mass is 521 g/mol. The van der Waals surface area contributed by atoms with E-state index >= 15 is 4.39 Å². The average molecular weight is 522 g/mol. The van der Waals surface area contributed by atoms with Crippen molar-refractivity contribution in [1.82, 2.24) is 24.8 Å². The van der Waals surface area contributed by atoms with E-state index in [2.05, 4.69) is 63.1 Å². The van der Waals surface area contributed by atoms with Gasteiger partial charge in [-0.25, -0.2) is 23.7 Å². The van der Waals surface area contributed by atoms with Crippen LogP contribution in [0.2, 0.25) is 0 Å². The number of pyridine rings is 1. The van der Waals surface area contributed by atoms with E-state index in [4.69, 9.17) is 0 Å². The summed E-state index contributed by atoms with van der Waals surface area (Å²) in [5.74, 6) is 0.202. The lowest BCUT2D eigenvalue weighted by atomic mass is 9.85. The maximum atomic E-state index is 15.0. The Balaban J connectivity index is 1.31. The number of rotatable bonds is 7. The number of aromatic nitrogens is 3. The molecule has 7 nitrogen and oxygen atoms in total. The fraction of sp³-hybridized carbons (Fsp3) is 0.483. The largest absolute Gasteiger partial charge is 0.379 e. The van der Waals surface area contributed by atoms with E-state index in [9.17, 15) is 4.39 Å². The Hall–Kier alpha value is -3.17. The van der Waals surface area contributed by atoms with E-state index in [-0.39, 0.29) is 23.6 Å². The molecule has 2 aromatic heterocycles. The maximum Gasteiger partial charge on any atom is 0.229 e. The number of nitrogens with zero attached hydrogens (tertiary/aromatic N) is 5. The van der Waals surface area contributed by atoms with Gasteiger partial charge in [0.05, 0.1) is 11.9 Å². The van der Waals surface area contributed by atoms with Gasteiger partial charge in [0.1, 0.15) is 17.3 Å². The first kappa shape index (κ1) is 26.4. The smallest absolute Gasteiger partial charge is 0.229 e. The molecule has 0 amide bonds. The highest BCUT2D eigenvalue weighted by atomic mass is 19.1. The summed E-state index contributed by atoms with van der Waals surface area (Å²) >= 11 is 0. The van der Waals surface area contributed by atoms with Crippen molar-refractivity contribution in [3.05, 3.63) is 59.4 Å². The third kappa shape index (κ3) is 5.35. The van der Waals surface area contributed by atoms with Gasteiger partial charge < -0.3 is 10.6 Å². The van der Waals surface area contributed by atoms with Gasteiger partial charge in [-0.05, 0) is 55.6 Å². The van der Waals surface area contributed by atoms with Crippen molar-refractivity contribution in [2.45, 2.75) is 59.2 Å². The molecule has 0 spiro atoms. The summed E-state index contributed by atoms with van der Waals surface area (Å²) in [5, 5.41) is 6.31. The van der Waals surface area contributed by atoms with Gasteiger partial charge in [0, 0.05) is 55.9 Å². The molecule has 0 saturated carbocycles. The van der Waals surface area contributed by atoms with Crippen LogP contribution < -0.4 is 10.6 Å². The van der Waals surface area contributed by atoms with Gasteiger partial charge in [0.15, 0.2) is 5.82 Å². The second-order valence-electron chi connectivity index (χ2n) is 10.9. The van der Waals surface area contributed by atoms with Gasteiger partial charge in [-0.15, -0.1) is 0 Å². The molecule has 0 aliphatic carbocycles. The predicted octanol–water partition coefficient (Wildman–Crippen LogP) is 5.64. The van der Waals surface area contributed by atoms with Crippen LogP contribution in [0, 0.1) is 17.6 Å². The number of hydrogen-bond acceptors (Lipinski definition) is 7. The van der Waals surface area contributed by atoms with Crippen molar-refractivity contribution in [1.29, 1.82) is 0 Å². The third-order valence-corrected chi connectivity index (χ3v) is 7.85. The van der Waals surface area contributed by atoms with Crippen molar-refractivity contribution >= 4 is 17.5 Å². The van der Waals surface area contributed by atoms with Gasteiger partial charge in [0.2, 0.25) is 5.95 Å². The SMILES string of the molecule is CCN1CCN(Cc2ccc(Nc3ncc(F)c(-c4cc(F)c5c(c4)C(C(C)C)C(C)N5)n3)nc2)CC1C. The Labute approximate surface area is 223 Å². The van der Waals surface area contributed by atoms with Gasteiger partial charge >= 0.3 is 0 Å². The topological polar surface area (TPSA) is 69.2 Å². The molecule has 1 aromatic carbocycles. The molecule has 202 valence electrons. The van der Waals surface area contributed by atoms with Crippen molar-refractivity contribution < 1.29 is 8.78 Å². The summed E-state index contributed by atoms with van der Waals surface area (Å²) < 4.78 is 29.9. The molecular formula is C29H37F2N7. The number of piperazine rings is 1. The van der Waals surface area contributed by atoms with Crippen LogP contribution in [0.25, 0.3) is 11.3 Å². The molecule has 3 atom stereocenters. The van der Waals surface area contributed by atoms with Crippen LogP contribution in [0.1, 0.15) is 51.7 Å². The van der Waals surface area contributed by atoms with Crippen LogP contribution in [0.3, 0.4) is 0 Å². The average Bonchev–Trinajstić information content (AvgIpc) is 3.23.